The summed E-state index contributed by atoms with van der Waals surface area (Å²) in [7, 11) is 1.53. The van der Waals surface area contributed by atoms with Gasteiger partial charge in [-0.1, -0.05) is 6.42 Å². The first-order valence-electron chi connectivity index (χ1n) is 6.83. The Morgan fingerprint density at radius 3 is 2.85 bits per heavy atom. The van der Waals surface area contributed by atoms with Crippen LogP contribution >= 0.6 is 0 Å². The number of nitro groups is 1. The Bertz CT molecular complexity index is 478. The van der Waals surface area contributed by atoms with Gasteiger partial charge in [0.2, 0.25) is 0 Å². The number of benzene rings is 1. The highest BCUT2D eigenvalue weighted by Gasteiger charge is 2.27. The molecular weight excluding hydrogens is 260 g/mol. The molecule has 6 nitrogen and oxygen atoms in total. The van der Waals surface area contributed by atoms with Crippen LogP contribution in [0.1, 0.15) is 19.3 Å². The zero-order chi connectivity index (χ0) is 14.5. The summed E-state index contributed by atoms with van der Waals surface area (Å²) >= 11 is 0. The fourth-order valence-corrected chi connectivity index (χ4v) is 2.81. The molecule has 2 rings (SSSR count). The molecule has 0 aliphatic heterocycles. The highest BCUT2D eigenvalue weighted by Crippen LogP contribution is 2.33. The van der Waals surface area contributed by atoms with E-state index in [1.807, 2.05) is 0 Å². The van der Waals surface area contributed by atoms with Gasteiger partial charge < -0.3 is 15.2 Å². The maximum atomic E-state index is 11.0. The molecule has 0 spiro atoms. The number of nitrogens with zero attached hydrogens (tertiary/aromatic N) is 1. The van der Waals surface area contributed by atoms with E-state index in [2.05, 4.69) is 5.32 Å². The maximum absolute atomic E-state index is 11.0. The summed E-state index contributed by atoms with van der Waals surface area (Å²) in [5.74, 6) is 1.25. The van der Waals surface area contributed by atoms with Crippen LogP contribution in [0, 0.1) is 22.0 Å². The van der Waals surface area contributed by atoms with Crippen LogP contribution in [0.3, 0.4) is 0 Å². The van der Waals surface area contributed by atoms with Crippen molar-refractivity contribution in [3.8, 4) is 5.75 Å². The van der Waals surface area contributed by atoms with Crippen molar-refractivity contribution in [1.29, 1.82) is 0 Å². The van der Waals surface area contributed by atoms with Crippen molar-refractivity contribution in [2.75, 3.05) is 25.6 Å². The molecule has 6 heteroatoms. The molecule has 20 heavy (non-hydrogen) atoms. The van der Waals surface area contributed by atoms with E-state index in [0.29, 0.717) is 29.8 Å². The Kier molecular flexibility index (Phi) is 4.79. The number of methoxy groups -OCH3 is 1. The normalized spacial score (nSPS) is 21.7. The molecule has 0 amide bonds. The van der Waals surface area contributed by atoms with Gasteiger partial charge in [0.05, 0.1) is 12.0 Å². The average Bonchev–Trinajstić information content (AvgIpc) is 2.91. The molecule has 1 fully saturated rings. The topological polar surface area (TPSA) is 84.6 Å². The predicted molar refractivity (Wildman–Crippen MR) is 76.1 cm³/mol. The number of anilines is 1. The SMILES string of the molecule is COc1ccc([N+](=O)[O-])c(NCC2CCCC2CO)c1. The second-order valence-electron chi connectivity index (χ2n) is 5.15. The van der Waals surface area contributed by atoms with Crippen molar-refractivity contribution in [1.82, 2.24) is 0 Å². The van der Waals surface area contributed by atoms with E-state index in [4.69, 9.17) is 4.74 Å². The van der Waals surface area contributed by atoms with Crippen LogP contribution in [0.2, 0.25) is 0 Å². The standard InChI is InChI=1S/C14H20N2O4/c1-20-12-5-6-14(16(18)19)13(7-12)15-8-10-3-2-4-11(10)9-17/h5-7,10-11,15,17H,2-4,8-9H2,1H3. The summed E-state index contributed by atoms with van der Waals surface area (Å²) in [6.45, 7) is 0.825. The lowest BCUT2D eigenvalue weighted by atomic mass is 9.97. The molecule has 0 radical (unpaired) electrons. The quantitative estimate of drug-likeness (QED) is 0.617. The second-order valence-corrected chi connectivity index (χ2v) is 5.15. The highest BCUT2D eigenvalue weighted by atomic mass is 16.6. The Morgan fingerprint density at radius 2 is 2.20 bits per heavy atom. The summed E-state index contributed by atoms with van der Waals surface area (Å²) < 4.78 is 5.10. The molecule has 0 heterocycles. The van der Waals surface area contributed by atoms with Gasteiger partial charge >= 0.3 is 0 Å². The monoisotopic (exact) mass is 280 g/mol. The van der Waals surface area contributed by atoms with E-state index in [1.165, 1.54) is 13.2 Å². The van der Waals surface area contributed by atoms with Gasteiger partial charge in [-0.2, -0.15) is 0 Å². The number of nitrogens with one attached hydrogen (secondary N) is 1. The number of aliphatic hydroxyl groups is 1. The zero-order valence-corrected chi connectivity index (χ0v) is 11.5. The largest absolute Gasteiger partial charge is 0.497 e. The molecule has 1 saturated carbocycles. The molecule has 2 N–H and O–H groups in total. The number of aliphatic hydroxyl groups excluding tert-OH is 1. The van der Waals surface area contributed by atoms with Gasteiger partial charge in [0, 0.05) is 25.3 Å². The van der Waals surface area contributed by atoms with Gasteiger partial charge in [-0.15, -0.1) is 0 Å². The predicted octanol–water partition coefficient (Wildman–Crippen LogP) is 2.42. The molecular formula is C14H20N2O4. The third-order valence-electron chi connectivity index (χ3n) is 4.01. The van der Waals surface area contributed by atoms with E-state index < -0.39 is 4.92 Å². The van der Waals surface area contributed by atoms with E-state index in [1.54, 1.807) is 12.1 Å². The lowest BCUT2D eigenvalue weighted by Crippen LogP contribution is -2.21. The summed E-state index contributed by atoms with van der Waals surface area (Å²) in [5, 5.41) is 23.5. The Hall–Kier alpha value is -1.82. The summed E-state index contributed by atoms with van der Waals surface area (Å²) in [6, 6.07) is 4.66. The Labute approximate surface area is 117 Å². The number of rotatable bonds is 6. The van der Waals surface area contributed by atoms with Gasteiger partial charge in [0.25, 0.3) is 5.69 Å². The van der Waals surface area contributed by atoms with Crippen LogP contribution < -0.4 is 10.1 Å². The first-order valence-corrected chi connectivity index (χ1v) is 6.83. The van der Waals surface area contributed by atoms with Crippen LogP contribution in [0.15, 0.2) is 18.2 Å². The minimum absolute atomic E-state index is 0.0457. The number of hydrogen-bond donors (Lipinski definition) is 2. The lowest BCUT2D eigenvalue weighted by molar-refractivity contribution is -0.384. The second kappa shape index (κ2) is 6.56. The molecule has 0 bridgehead atoms. The molecule has 0 aromatic heterocycles. The van der Waals surface area contributed by atoms with Crippen molar-refractivity contribution in [3.05, 3.63) is 28.3 Å². The summed E-state index contributed by atoms with van der Waals surface area (Å²) in [4.78, 5) is 10.6. The van der Waals surface area contributed by atoms with Crippen LogP contribution in [0.4, 0.5) is 11.4 Å². The fraction of sp³-hybridized carbons (Fsp3) is 0.571. The summed E-state index contributed by atoms with van der Waals surface area (Å²) in [6.07, 6.45) is 3.19. The molecule has 1 aromatic carbocycles. The zero-order valence-electron chi connectivity index (χ0n) is 11.5. The van der Waals surface area contributed by atoms with Crippen molar-refractivity contribution < 1.29 is 14.8 Å². The van der Waals surface area contributed by atoms with Crippen molar-refractivity contribution >= 4 is 11.4 Å². The van der Waals surface area contributed by atoms with Gasteiger partial charge in [-0.05, 0) is 30.7 Å². The van der Waals surface area contributed by atoms with E-state index in [9.17, 15) is 15.2 Å². The first-order chi connectivity index (χ1) is 9.65. The van der Waals surface area contributed by atoms with E-state index in [-0.39, 0.29) is 12.3 Å². The summed E-state index contributed by atoms with van der Waals surface area (Å²) in [5.41, 5.74) is 0.516. The number of nitro benzene ring substituents is 1. The van der Waals surface area contributed by atoms with Crippen LogP contribution in [-0.4, -0.2) is 30.3 Å². The van der Waals surface area contributed by atoms with Crippen LogP contribution in [-0.2, 0) is 0 Å². The third kappa shape index (κ3) is 3.19. The van der Waals surface area contributed by atoms with Crippen molar-refractivity contribution in [2.24, 2.45) is 11.8 Å². The third-order valence-corrected chi connectivity index (χ3v) is 4.01. The fourth-order valence-electron chi connectivity index (χ4n) is 2.81. The minimum atomic E-state index is -0.403. The van der Waals surface area contributed by atoms with E-state index >= 15 is 0 Å². The average molecular weight is 280 g/mol. The van der Waals surface area contributed by atoms with Gasteiger partial charge in [0.1, 0.15) is 11.4 Å². The van der Waals surface area contributed by atoms with Crippen LogP contribution in [0.25, 0.3) is 0 Å². The smallest absolute Gasteiger partial charge is 0.292 e. The lowest BCUT2D eigenvalue weighted by Gasteiger charge is -2.18. The molecule has 1 aromatic rings. The molecule has 2 atom stereocenters. The number of hydrogen-bond acceptors (Lipinski definition) is 5. The number of ether oxygens (including phenoxy) is 1. The maximum Gasteiger partial charge on any atom is 0.292 e. The van der Waals surface area contributed by atoms with Crippen molar-refractivity contribution in [3.63, 3.8) is 0 Å². The van der Waals surface area contributed by atoms with Gasteiger partial charge in [0.15, 0.2) is 0 Å². The van der Waals surface area contributed by atoms with Gasteiger partial charge in [-0.25, -0.2) is 0 Å². The van der Waals surface area contributed by atoms with Crippen molar-refractivity contribution in [2.45, 2.75) is 19.3 Å². The van der Waals surface area contributed by atoms with Gasteiger partial charge in [-0.3, -0.25) is 10.1 Å². The molecule has 1 aliphatic rings. The van der Waals surface area contributed by atoms with Crippen LogP contribution in [0.5, 0.6) is 5.75 Å². The first kappa shape index (κ1) is 14.6. The van der Waals surface area contributed by atoms with E-state index in [0.717, 1.165) is 19.3 Å². The Balaban J connectivity index is 2.09. The highest BCUT2D eigenvalue weighted by molar-refractivity contribution is 5.64. The Morgan fingerprint density at radius 1 is 1.45 bits per heavy atom. The molecule has 110 valence electrons. The molecule has 1 aliphatic carbocycles. The minimum Gasteiger partial charge on any atom is -0.497 e. The molecule has 0 saturated heterocycles. The molecule has 2 unspecified atom stereocenters.